The summed E-state index contributed by atoms with van der Waals surface area (Å²) in [4.78, 5) is 4.86. The van der Waals surface area contributed by atoms with Crippen molar-refractivity contribution in [2.24, 2.45) is 5.73 Å². The van der Waals surface area contributed by atoms with Gasteiger partial charge in [-0.25, -0.2) is 4.39 Å². The molecule has 0 aliphatic rings. The van der Waals surface area contributed by atoms with Crippen LogP contribution in [-0.2, 0) is 6.42 Å². The van der Waals surface area contributed by atoms with Crippen LogP contribution in [-0.4, -0.2) is 4.98 Å². The van der Waals surface area contributed by atoms with Gasteiger partial charge < -0.3 is 5.73 Å². The summed E-state index contributed by atoms with van der Waals surface area (Å²) in [6.07, 6.45) is 3.39. The molecular weight excluding hydrogens is 247 g/mol. The lowest BCUT2D eigenvalue weighted by Gasteiger charge is -2.09. The number of aromatic nitrogens is 1. The second-order valence-corrected chi connectivity index (χ2v) is 5.25. The first-order valence-electron chi connectivity index (χ1n) is 4.75. The second kappa shape index (κ2) is 4.91. The smallest absolute Gasteiger partial charge is 0.141 e. The van der Waals surface area contributed by atoms with E-state index >= 15 is 0 Å². The molecule has 2 aromatic rings. The first-order valence-corrected chi connectivity index (χ1v) is 5.95. The molecule has 0 radical (unpaired) electrons. The van der Waals surface area contributed by atoms with Crippen molar-refractivity contribution >= 4 is 22.9 Å². The Hall–Kier alpha value is -0.970. The summed E-state index contributed by atoms with van der Waals surface area (Å²) < 4.78 is 13.7. The predicted octanol–water partition coefficient (Wildman–Crippen LogP) is 3.18. The Balaban J connectivity index is 2.11. The summed E-state index contributed by atoms with van der Waals surface area (Å²) in [6.45, 7) is 0. The van der Waals surface area contributed by atoms with Crippen molar-refractivity contribution < 1.29 is 4.39 Å². The van der Waals surface area contributed by atoms with Crippen LogP contribution in [0.1, 0.15) is 16.5 Å². The number of nitrogens with two attached hydrogens (primary N) is 1. The van der Waals surface area contributed by atoms with Crippen molar-refractivity contribution in [3.63, 3.8) is 0 Å². The van der Waals surface area contributed by atoms with Crippen LogP contribution in [0.5, 0.6) is 0 Å². The maximum Gasteiger partial charge on any atom is 0.141 e. The lowest BCUT2D eigenvalue weighted by Crippen LogP contribution is -2.13. The minimum absolute atomic E-state index is 0.252. The molecule has 2 rings (SSSR count). The van der Waals surface area contributed by atoms with Crippen molar-refractivity contribution in [3.05, 3.63) is 51.2 Å². The molecule has 2 nitrogen and oxygen atoms in total. The zero-order chi connectivity index (χ0) is 11.5. The number of hydrogen-bond acceptors (Lipinski definition) is 3. The van der Waals surface area contributed by atoms with E-state index in [1.807, 2.05) is 12.1 Å². The normalized spacial score (nSPS) is 12.7. The van der Waals surface area contributed by atoms with E-state index < -0.39 is 0 Å². The van der Waals surface area contributed by atoms with Gasteiger partial charge in [0.1, 0.15) is 5.82 Å². The highest BCUT2D eigenvalue weighted by atomic mass is 35.5. The Morgan fingerprint density at radius 1 is 1.44 bits per heavy atom. The van der Waals surface area contributed by atoms with Gasteiger partial charge in [0.25, 0.3) is 0 Å². The third-order valence-corrected chi connectivity index (χ3v) is 3.46. The maximum atomic E-state index is 12.9. The third-order valence-electron chi connectivity index (χ3n) is 2.20. The number of nitrogens with zero attached hydrogens (tertiary/aromatic N) is 1. The summed E-state index contributed by atoms with van der Waals surface area (Å²) in [5.74, 6) is -0.364. The van der Waals surface area contributed by atoms with Gasteiger partial charge in [-0.15, -0.1) is 11.3 Å². The molecule has 2 aromatic heterocycles. The Bertz CT molecular complexity index is 486. The number of rotatable bonds is 3. The lowest BCUT2D eigenvalue weighted by molar-refractivity contribution is 0.611. The number of halogens is 2. The Morgan fingerprint density at radius 3 is 2.88 bits per heavy atom. The molecule has 2 N–H and O–H groups in total. The summed E-state index contributed by atoms with van der Waals surface area (Å²) >= 11 is 7.31. The topological polar surface area (TPSA) is 38.9 Å². The van der Waals surface area contributed by atoms with Gasteiger partial charge in [0.2, 0.25) is 0 Å². The molecule has 0 fully saturated rings. The van der Waals surface area contributed by atoms with Crippen LogP contribution in [0.4, 0.5) is 4.39 Å². The molecule has 0 saturated carbocycles. The number of hydrogen-bond donors (Lipinski definition) is 1. The molecule has 84 valence electrons. The van der Waals surface area contributed by atoms with Gasteiger partial charge in [-0.3, -0.25) is 4.98 Å². The fraction of sp³-hybridized carbons (Fsp3) is 0.182. The monoisotopic (exact) mass is 256 g/mol. The zero-order valence-electron chi connectivity index (χ0n) is 8.36. The van der Waals surface area contributed by atoms with Crippen molar-refractivity contribution in [2.45, 2.75) is 12.5 Å². The molecule has 0 saturated heterocycles. The molecule has 0 amide bonds. The quantitative estimate of drug-likeness (QED) is 0.916. The van der Waals surface area contributed by atoms with Crippen molar-refractivity contribution in [1.29, 1.82) is 0 Å². The molecule has 1 unspecified atom stereocenters. The zero-order valence-corrected chi connectivity index (χ0v) is 9.93. The Kier molecular flexibility index (Phi) is 3.53. The minimum Gasteiger partial charge on any atom is -0.324 e. The molecule has 0 aliphatic heterocycles. The fourth-order valence-corrected chi connectivity index (χ4v) is 2.57. The summed E-state index contributed by atoms with van der Waals surface area (Å²) in [5, 5.41) is 0. The molecule has 1 atom stereocenters. The van der Waals surface area contributed by atoms with Gasteiger partial charge >= 0.3 is 0 Å². The van der Waals surface area contributed by atoms with Gasteiger partial charge in [0.15, 0.2) is 0 Å². The van der Waals surface area contributed by atoms with Crippen molar-refractivity contribution in [3.8, 4) is 0 Å². The highest BCUT2D eigenvalue weighted by Gasteiger charge is 2.09. The molecule has 16 heavy (non-hydrogen) atoms. The summed E-state index contributed by atoms with van der Waals surface area (Å²) in [6, 6.07) is 4.92. The van der Waals surface area contributed by atoms with E-state index in [-0.39, 0.29) is 11.9 Å². The van der Waals surface area contributed by atoms with E-state index in [0.29, 0.717) is 12.0 Å². The average molecular weight is 257 g/mol. The first-order chi connectivity index (χ1) is 7.65. The molecular formula is C11H10ClFN2S. The van der Waals surface area contributed by atoms with Gasteiger partial charge in [-0.2, -0.15) is 0 Å². The summed E-state index contributed by atoms with van der Waals surface area (Å²) in [5.41, 5.74) is 6.66. The maximum absolute atomic E-state index is 12.9. The van der Waals surface area contributed by atoms with Crippen LogP contribution in [0, 0.1) is 5.82 Å². The van der Waals surface area contributed by atoms with Crippen LogP contribution >= 0.6 is 22.9 Å². The standard InChI is InChI=1S/C11H10ClFN2S/c12-11-2-1-9(16-11)4-10(14)7-3-8(13)6-15-5-7/h1-3,5-6,10H,4,14H2. The van der Waals surface area contributed by atoms with Crippen LogP contribution in [0.2, 0.25) is 4.34 Å². The first kappa shape index (κ1) is 11.5. The summed E-state index contributed by atoms with van der Waals surface area (Å²) in [7, 11) is 0. The number of pyridine rings is 1. The predicted molar refractivity (Wildman–Crippen MR) is 64.2 cm³/mol. The number of thiophene rings is 1. The van der Waals surface area contributed by atoms with Gasteiger partial charge in [-0.05, 0) is 23.8 Å². The fourth-order valence-electron chi connectivity index (χ4n) is 1.43. The molecule has 0 spiro atoms. The van der Waals surface area contributed by atoms with E-state index in [4.69, 9.17) is 17.3 Å². The van der Waals surface area contributed by atoms with E-state index in [1.54, 1.807) is 6.20 Å². The van der Waals surface area contributed by atoms with E-state index in [0.717, 1.165) is 15.4 Å². The molecule has 0 bridgehead atoms. The van der Waals surface area contributed by atoms with Crippen LogP contribution in [0.15, 0.2) is 30.6 Å². The van der Waals surface area contributed by atoms with E-state index in [9.17, 15) is 4.39 Å². The Morgan fingerprint density at radius 2 is 2.25 bits per heavy atom. The van der Waals surface area contributed by atoms with Gasteiger partial charge in [0, 0.05) is 23.5 Å². The average Bonchev–Trinajstić information content (AvgIpc) is 2.64. The minimum atomic E-state index is -0.364. The van der Waals surface area contributed by atoms with Crippen molar-refractivity contribution in [1.82, 2.24) is 4.98 Å². The Labute approximate surface area is 102 Å². The lowest BCUT2D eigenvalue weighted by atomic mass is 10.1. The van der Waals surface area contributed by atoms with Crippen LogP contribution in [0.25, 0.3) is 0 Å². The molecule has 5 heteroatoms. The van der Waals surface area contributed by atoms with Crippen molar-refractivity contribution in [2.75, 3.05) is 0 Å². The third kappa shape index (κ3) is 2.78. The van der Waals surface area contributed by atoms with E-state index in [1.165, 1.54) is 17.4 Å². The second-order valence-electron chi connectivity index (χ2n) is 3.45. The van der Waals surface area contributed by atoms with E-state index in [2.05, 4.69) is 4.98 Å². The van der Waals surface area contributed by atoms with Gasteiger partial charge in [-0.1, -0.05) is 11.6 Å². The highest BCUT2D eigenvalue weighted by Crippen LogP contribution is 2.25. The largest absolute Gasteiger partial charge is 0.324 e. The molecule has 0 aromatic carbocycles. The molecule has 0 aliphatic carbocycles. The highest BCUT2D eigenvalue weighted by molar-refractivity contribution is 7.16. The SMILES string of the molecule is NC(Cc1ccc(Cl)s1)c1cncc(F)c1. The van der Waals surface area contributed by atoms with Crippen LogP contribution < -0.4 is 5.73 Å². The molecule has 2 heterocycles. The van der Waals surface area contributed by atoms with Crippen LogP contribution in [0.3, 0.4) is 0 Å². The van der Waals surface area contributed by atoms with Gasteiger partial charge in [0.05, 0.1) is 10.5 Å².